The molecule has 0 spiro atoms. The van der Waals surface area contributed by atoms with Crippen molar-refractivity contribution in [1.82, 2.24) is 9.97 Å². The molecule has 0 fully saturated rings. The van der Waals surface area contributed by atoms with Crippen LogP contribution in [-0.4, -0.2) is 54.7 Å². The Balaban J connectivity index is 0.00000578. The Hall–Kier alpha value is -2.18. The van der Waals surface area contributed by atoms with Gasteiger partial charge in [0.1, 0.15) is 5.82 Å². The van der Waals surface area contributed by atoms with Crippen molar-refractivity contribution in [2.75, 3.05) is 17.6 Å². The summed E-state index contributed by atoms with van der Waals surface area (Å²) in [6, 6.07) is 5.38. The third-order valence-corrected chi connectivity index (χ3v) is 5.84. The molecule has 0 aliphatic heterocycles. The van der Waals surface area contributed by atoms with E-state index in [2.05, 4.69) is 9.97 Å². The summed E-state index contributed by atoms with van der Waals surface area (Å²) in [5.74, 6) is -2.79. The monoisotopic (exact) mass is 501 g/mol. The number of sulfonamides is 1. The number of anilines is 1. The molecule has 0 aliphatic carbocycles. The van der Waals surface area contributed by atoms with Crippen LogP contribution in [0.25, 0.3) is 17.3 Å². The van der Waals surface area contributed by atoms with Crippen LogP contribution in [0.3, 0.4) is 0 Å². The van der Waals surface area contributed by atoms with E-state index in [9.17, 15) is 32.6 Å². The van der Waals surface area contributed by atoms with Crippen molar-refractivity contribution in [3.05, 3.63) is 47.4 Å². The maximum absolute atomic E-state index is 13.5. The molecule has 2 aromatic rings. The van der Waals surface area contributed by atoms with Gasteiger partial charge in [-0.1, -0.05) is 13.8 Å². The van der Waals surface area contributed by atoms with Crippen molar-refractivity contribution in [3.63, 3.8) is 0 Å². The summed E-state index contributed by atoms with van der Waals surface area (Å²) < 4.78 is 38.5. The SMILES string of the molecule is CC(C)c1nc(N(C)S(C)(=O)=O)nc(-c2ccc(F)cc2)c1/C=C/C(=O)C[C@@H](O)CC(=O)[O-].[Na+]. The van der Waals surface area contributed by atoms with Crippen LogP contribution in [-0.2, 0) is 19.6 Å². The number of carboxylic acids is 1. The van der Waals surface area contributed by atoms with Gasteiger partial charge in [-0.3, -0.25) is 4.79 Å². The van der Waals surface area contributed by atoms with Crippen molar-refractivity contribution in [2.24, 2.45) is 0 Å². The van der Waals surface area contributed by atoms with Crippen LogP contribution in [0.1, 0.15) is 43.9 Å². The number of aliphatic carboxylic acids is 1. The Morgan fingerprint density at radius 2 is 1.76 bits per heavy atom. The third-order valence-electron chi connectivity index (χ3n) is 4.68. The first-order valence-electron chi connectivity index (χ1n) is 10.00. The predicted octanol–water partition coefficient (Wildman–Crippen LogP) is -1.72. The van der Waals surface area contributed by atoms with E-state index >= 15 is 0 Å². The van der Waals surface area contributed by atoms with E-state index in [-0.39, 0.29) is 47.1 Å². The number of halogens is 1. The molecule has 1 atom stereocenters. The first-order valence-corrected chi connectivity index (χ1v) is 11.8. The number of ketones is 1. The predicted molar refractivity (Wildman–Crippen MR) is 119 cm³/mol. The van der Waals surface area contributed by atoms with Crippen LogP contribution in [0, 0.1) is 5.82 Å². The second-order valence-corrected chi connectivity index (χ2v) is 9.81. The first kappa shape index (κ1) is 29.9. The van der Waals surface area contributed by atoms with Gasteiger partial charge in [-0.2, -0.15) is 0 Å². The van der Waals surface area contributed by atoms with Gasteiger partial charge in [0.05, 0.1) is 23.7 Å². The minimum atomic E-state index is -3.67. The minimum Gasteiger partial charge on any atom is -0.550 e. The molecule has 0 radical (unpaired) electrons. The standard InChI is InChI=1S/C22H26FN3O6S.Na/c1-13(2)20-18(10-9-16(27)11-17(28)12-19(29)30)21(14-5-7-15(23)8-6-14)25-22(24-20)26(3)33(4,31)32;/h5-10,13,17,28H,11-12H2,1-4H3,(H,29,30);/q;+1/p-1/b10-9+;/t17-;/m1./s1. The largest absolute Gasteiger partial charge is 1.00 e. The van der Waals surface area contributed by atoms with Crippen LogP contribution >= 0.6 is 0 Å². The Bertz CT molecular complexity index is 1170. The summed E-state index contributed by atoms with van der Waals surface area (Å²) >= 11 is 0. The Morgan fingerprint density at radius 1 is 1.18 bits per heavy atom. The molecule has 0 saturated carbocycles. The number of carboxylic acid groups (broad SMARTS) is 1. The van der Waals surface area contributed by atoms with Crippen LogP contribution in [0.5, 0.6) is 0 Å². The molecule has 0 bridgehead atoms. The number of carbonyl (C=O) groups is 2. The van der Waals surface area contributed by atoms with Gasteiger partial charge >= 0.3 is 29.6 Å². The van der Waals surface area contributed by atoms with E-state index in [1.54, 1.807) is 0 Å². The molecular formula is C22H25FN3NaO6S. The maximum atomic E-state index is 13.5. The maximum Gasteiger partial charge on any atom is 1.00 e. The Labute approximate surface area is 220 Å². The first-order chi connectivity index (χ1) is 15.3. The molecule has 0 saturated heterocycles. The summed E-state index contributed by atoms with van der Waals surface area (Å²) in [6.45, 7) is 3.65. The molecule has 34 heavy (non-hydrogen) atoms. The van der Waals surface area contributed by atoms with Crippen molar-refractivity contribution in [1.29, 1.82) is 0 Å². The number of carbonyl (C=O) groups excluding carboxylic acids is 2. The normalized spacial score (nSPS) is 12.4. The quantitative estimate of drug-likeness (QED) is 0.300. The van der Waals surface area contributed by atoms with E-state index in [1.165, 1.54) is 37.4 Å². The van der Waals surface area contributed by atoms with Gasteiger partial charge in [0.15, 0.2) is 5.78 Å². The molecule has 1 heterocycles. The number of aliphatic hydroxyl groups excluding tert-OH is 1. The smallest absolute Gasteiger partial charge is 0.550 e. The zero-order valence-corrected chi connectivity index (χ0v) is 22.5. The number of aliphatic hydroxyl groups is 1. The molecule has 0 aliphatic rings. The van der Waals surface area contributed by atoms with Crippen molar-refractivity contribution < 1.29 is 62.2 Å². The average molecular weight is 502 g/mol. The number of hydrogen-bond donors (Lipinski definition) is 1. The summed E-state index contributed by atoms with van der Waals surface area (Å²) in [5.41, 5.74) is 1.59. The van der Waals surface area contributed by atoms with Crippen LogP contribution in [0.4, 0.5) is 10.3 Å². The van der Waals surface area contributed by atoms with Gasteiger partial charge in [0.2, 0.25) is 16.0 Å². The average Bonchev–Trinajstić information content (AvgIpc) is 2.70. The van der Waals surface area contributed by atoms with Crippen LogP contribution < -0.4 is 39.0 Å². The van der Waals surface area contributed by atoms with Gasteiger partial charge in [0.25, 0.3) is 0 Å². The fourth-order valence-electron chi connectivity index (χ4n) is 2.94. The van der Waals surface area contributed by atoms with Gasteiger partial charge < -0.3 is 15.0 Å². The Morgan fingerprint density at radius 3 is 2.26 bits per heavy atom. The van der Waals surface area contributed by atoms with Gasteiger partial charge in [0, 0.05) is 37.0 Å². The summed E-state index contributed by atoms with van der Waals surface area (Å²) in [7, 11) is -2.36. The zero-order chi connectivity index (χ0) is 24.9. The number of allylic oxidation sites excluding steroid dienone is 1. The molecule has 1 aromatic carbocycles. The molecule has 2 rings (SSSR count). The molecular weight excluding hydrogens is 476 g/mol. The molecule has 0 unspecified atom stereocenters. The van der Waals surface area contributed by atoms with E-state index in [0.29, 0.717) is 16.8 Å². The molecule has 0 amide bonds. The number of benzene rings is 1. The van der Waals surface area contributed by atoms with Crippen molar-refractivity contribution in [3.8, 4) is 11.3 Å². The van der Waals surface area contributed by atoms with E-state index in [1.807, 2.05) is 13.8 Å². The molecule has 1 aromatic heterocycles. The number of nitrogens with zero attached hydrogens (tertiary/aromatic N) is 3. The van der Waals surface area contributed by atoms with Gasteiger partial charge in [-0.15, -0.1) is 0 Å². The molecule has 12 heteroatoms. The minimum absolute atomic E-state index is 0. The van der Waals surface area contributed by atoms with Crippen LogP contribution in [0.2, 0.25) is 0 Å². The van der Waals surface area contributed by atoms with Gasteiger partial charge in [-0.05, 0) is 42.3 Å². The Kier molecular flexibility index (Phi) is 11.0. The third kappa shape index (κ3) is 8.24. The van der Waals surface area contributed by atoms with Gasteiger partial charge in [-0.25, -0.2) is 27.1 Å². The molecule has 9 nitrogen and oxygen atoms in total. The molecule has 1 N–H and O–H groups in total. The van der Waals surface area contributed by atoms with E-state index in [4.69, 9.17) is 0 Å². The summed E-state index contributed by atoms with van der Waals surface area (Å²) in [5, 5.41) is 20.2. The fourth-order valence-corrected chi connectivity index (χ4v) is 3.32. The molecule has 178 valence electrons. The number of hydrogen-bond acceptors (Lipinski definition) is 8. The van der Waals surface area contributed by atoms with Crippen LogP contribution in [0.15, 0.2) is 30.3 Å². The van der Waals surface area contributed by atoms with E-state index in [0.717, 1.165) is 16.6 Å². The zero-order valence-electron chi connectivity index (χ0n) is 19.6. The second-order valence-electron chi connectivity index (χ2n) is 7.80. The van der Waals surface area contributed by atoms with E-state index < -0.39 is 46.5 Å². The topological polar surface area (TPSA) is 141 Å². The number of rotatable bonds is 10. The summed E-state index contributed by atoms with van der Waals surface area (Å²) in [6.07, 6.45) is 1.10. The van der Waals surface area contributed by atoms with Crippen molar-refractivity contribution >= 4 is 33.8 Å². The number of aromatic nitrogens is 2. The second kappa shape index (κ2) is 12.5. The summed E-state index contributed by atoms with van der Waals surface area (Å²) in [4.78, 5) is 31.6. The van der Waals surface area contributed by atoms with Crippen molar-refractivity contribution in [2.45, 2.75) is 38.7 Å². The fraction of sp³-hybridized carbons (Fsp3) is 0.364.